The van der Waals surface area contributed by atoms with E-state index >= 15 is 0 Å². The van der Waals surface area contributed by atoms with Crippen molar-refractivity contribution in [3.8, 4) is 0 Å². The van der Waals surface area contributed by atoms with E-state index in [1.807, 2.05) is 0 Å². The van der Waals surface area contributed by atoms with Crippen LogP contribution in [0.15, 0.2) is 48.8 Å². The average Bonchev–Trinajstić information content (AvgIpc) is 2.48. The Balaban J connectivity index is 0.00000264. The number of nitrogens with zero attached hydrogens (tertiary/aromatic N) is 1. The molecule has 2 aromatic rings. The lowest BCUT2D eigenvalue weighted by atomic mass is 10.1. The summed E-state index contributed by atoms with van der Waals surface area (Å²) in [6, 6.07) is 10.0. The second-order valence-electron chi connectivity index (χ2n) is 5.14. The molecular formula is C17H17BrClNO3. The lowest BCUT2D eigenvalue weighted by Gasteiger charge is -2.06. The number of ether oxygens (including phenoxy) is 1. The molecule has 0 saturated heterocycles. The number of aromatic nitrogens is 1. The van der Waals surface area contributed by atoms with E-state index in [4.69, 9.17) is 16.3 Å². The molecule has 0 saturated carbocycles. The molecule has 0 N–H and O–H groups in total. The van der Waals surface area contributed by atoms with Gasteiger partial charge in [-0.1, -0.05) is 11.6 Å². The Morgan fingerprint density at radius 1 is 1.04 bits per heavy atom. The van der Waals surface area contributed by atoms with Gasteiger partial charge in [0.25, 0.3) is 0 Å². The molecule has 0 aliphatic carbocycles. The Morgan fingerprint density at radius 2 is 1.61 bits per heavy atom. The number of Topliss-reactive ketones (excluding diaryl/α,β-unsaturated/α-hetero) is 1. The number of hydrogen-bond donors (Lipinski definition) is 0. The lowest BCUT2D eigenvalue weighted by Crippen LogP contribution is -3.00. The van der Waals surface area contributed by atoms with E-state index in [1.54, 1.807) is 67.2 Å². The molecule has 1 heterocycles. The molecule has 1 aromatic carbocycles. The molecule has 1 aromatic heterocycles. The molecule has 0 fully saturated rings. The number of carbonyl (C=O) groups excluding carboxylic acids is 2. The summed E-state index contributed by atoms with van der Waals surface area (Å²) >= 11 is 5.80. The first-order valence-corrected chi connectivity index (χ1v) is 7.32. The van der Waals surface area contributed by atoms with Gasteiger partial charge in [0, 0.05) is 22.7 Å². The van der Waals surface area contributed by atoms with Gasteiger partial charge in [-0.3, -0.25) is 4.79 Å². The Hall–Kier alpha value is -1.72. The van der Waals surface area contributed by atoms with Crippen LogP contribution in [0.1, 0.15) is 34.6 Å². The van der Waals surface area contributed by atoms with Gasteiger partial charge < -0.3 is 21.7 Å². The number of ketones is 1. The molecule has 2 rings (SSSR count). The van der Waals surface area contributed by atoms with Crippen molar-refractivity contribution in [3.05, 3.63) is 64.9 Å². The number of hydrogen-bond acceptors (Lipinski definition) is 3. The monoisotopic (exact) mass is 397 g/mol. The Labute approximate surface area is 150 Å². The summed E-state index contributed by atoms with van der Waals surface area (Å²) in [6.07, 6.45) is 3.21. The smallest absolute Gasteiger partial charge is 0.338 e. The molecule has 0 radical (unpaired) electrons. The molecule has 122 valence electrons. The Kier molecular flexibility index (Phi) is 7.39. The third-order valence-corrected chi connectivity index (χ3v) is 3.21. The van der Waals surface area contributed by atoms with Gasteiger partial charge in [-0.2, -0.15) is 4.57 Å². The highest BCUT2D eigenvalue weighted by Gasteiger charge is 2.14. The predicted octanol–water partition coefficient (Wildman–Crippen LogP) is 0.0796. The zero-order valence-electron chi connectivity index (χ0n) is 12.8. The van der Waals surface area contributed by atoms with E-state index in [2.05, 4.69) is 0 Å². The molecule has 0 spiro atoms. The summed E-state index contributed by atoms with van der Waals surface area (Å²) < 4.78 is 6.82. The maximum atomic E-state index is 12.1. The summed E-state index contributed by atoms with van der Waals surface area (Å²) in [6.45, 7) is 3.79. The van der Waals surface area contributed by atoms with Crippen molar-refractivity contribution < 1.29 is 35.9 Å². The van der Waals surface area contributed by atoms with Crippen molar-refractivity contribution in [3.63, 3.8) is 0 Å². The van der Waals surface area contributed by atoms with Crippen molar-refractivity contribution in [2.24, 2.45) is 0 Å². The van der Waals surface area contributed by atoms with Crippen LogP contribution in [-0.4, -0.2) is 17.9 Å². The molecule has 0 aliphatic rings. The Morgan fingerprint density at radius 3 is 2.13 bits per heavy atom. The van der Waals surface area contributed by atoms with Crippen LogP contribution < -0.4 is 21.5 Å². The minimum absolute atomic E-state index is 0. The van der Waals surface area contributed by atoms with Crippen molar-refractivity contribution in [1.29, 1.82) is 0 Å². The van der Waals surface area contributed by atoms with E-state index in [-0.39, 0.29) is 41.4 Å². The molecule has 0 aliphatic heterocycles. The first kappa shape index (κ1) is 19.3. The van der Waals surface area contributed by atoms with E-state index in [0.29, 0.717) is 16.1 Å². The normalized spacial score (nSPS) is 10.1. The summed E-state index contributed by atoms with van der Waals surface area (Å²) in [4.78, 5) is 23.9. The number of esters is 1. The predicted molar refractivity (Wildman–Crippen MR) is 83.0 cm³/mol. The molecule has 6 heteroatoms. The third kappa shape index (κ3) is 5.77. The average molecular weight is 399 g/mol. The molecular weight excluding hydrogens is 382 g/mol. The molecule has 0 bridgehead atoms. The van der Waals surface area contributed by atoms with Crippen molar-refractivity contribution in [1.82, 2.24) is 0 Å². The van der Waals surface area contributed by atoms with E-state index < -0.39 is 0 Å². The van der Waals surface area contributed by atoms with Gasteiger partial charge in [0.1, 0.15) is 0 Å². The summed E-state index contributed by atoms with van der Waals surface area (Å²) in [7, 11) is 0. The van der Waals surface area contributed by atoms with E-state index in [0.717, 1.165) is 0 Å². The second-order valence-corrected chi connectivity index (χ2v) is 5.58. The van der Waals surface area contributed by atoms with Crippen LogP contribution in [0.5, 0.6) is 0 Å². The van der Waals surface area contributed by atoms with Crippen LogP contribution in [0.3, 0.4) is 0 Å². The highest BCUT2D eigenvalue weighted by Crippen LogP contribution is 2.10. The number of carbonyl (C=O) groups is 2. The quantitative estimate of drug-likeness (QED) is 0.407. The molecule has 0 unspecified atom stereocenters. The minimum Gasteiger partial charge on any atom is -1.00 e. The van der Waals surface area contributed by atoms with Gasteiger partial charge in [0.2, 0.25) is 12.3 Å². The SMILES string of the molecule is CC(C)OC(=O)c1cc[n+](CC(=O)c2ccc(Cl)cc2)cc1.[Br-]. The van der Waals surface area contributed by atoms with Crippen molar-refractivity contribution in [2.75, 3.05) is 0 Å². The topological polar surface area (TPSA) is 47.2 Å². The fourth-order valence-corrected chi connectivity index (χ4v) is 2.00. The number of rotatable bonds is 5. The first-order valence-electron chi connectivity index (χ1n) is 6.94. The van der Waals surface area contributed by atoms with Crippen molar-refractivity contribution >= 4 is 23.4 Å². The van der Waals surface area contributed by atoms with Crippen molar-refractivity contribution in [2.45, 2.75) is 26.5 Å². The van der Waals surface area contributed by atoms with Crippen LogP contribution in [0, 0.1) is 0 Å². The fraction of sp³-hybridized carbons (Fsp3) is 0.235. The summed E-state index contributed by atoms with van der Waals surface area (Å²) in [5, 5.41) is 0.595. The number of pyridine rings is 1. The van der Waals surface area contributed by atoms with Crippen LogP contribution in [0.25, 0.3) is 0 Å². The van der Waals surface area contributed by atoms with Crippen LogP contribution in [0.4, 0.5) is 0 Å². The lowest BCUT2D eigenvalue weighted by molar-refractivity contribution is -0.683. The number of benzene rings is 1. The summed E-state index contributed by atoms with van der Waals surface area (Å²) in [5.41, 5.74) is 1.06. The van der Waals surface area contributed by atoms with Gasteiger partial charge in [-0.15, -0.1) is 0 Å². The maximum absolute atomic E-state index is 12.1. The zero-order chi connectivity index (χ0) is 16.1. The summed E-state index contributed by atoms with van der Waals surface area (Å²) in [5.74, 6) is -0.398. The molecule has 23 heavy (non-hydrogen) atoms. The number of halogens is 2. The second kappa shape index (κ2) is 8.79. The van der Waals surface area contributed by atoms with Crippen LogP contribution in [0.2, 0.25) is 5.02 Å². The van der Waals surface area contributed by atoms with Crippen LogP contribution in [-0.2, 0) is 11.3 Å². The standard InChI is InChI=1S/C17H17ClNO3.BrH/c1-12(2)22-17(21)14-7-9-19(10-8-14)11-16(20)13-3-5-15(18)6-4-13;/h3-10,12H,11H2,1-2H3;1H/q+1;/p-1. The highest BCUT2D eigenvalue weighted by molar-refractivity contribution is 6.30. The van der Waals surface area contributed by atoms with E-state index in [1.165, 1.54) is 0 Å². The van der Waals surface area contributed by atoms with E-state index in [9.17, 15) is 9.59 Å². The maximum Gasteiger partial charge on any atom is 0.338 e. The van der Waals surface area contributed by atoms with Gasteiger partial charge >= 0.3 is 5.97 Å². The zero-order valence-corrected chi connectivity index (χ0v) is 15.2. The van der Waals surface area contributed by atoms with Gasteiger partial charge in [0.05, 0.1) is 11.7 Å². The van der Waals surface area contributed by atoms with Gasteiger partial charge in [-0.25, -0.2) is 4.79 Å². The minimum atomic E-state index is -0.369. The van der Waals surface area contributed by atoms with Gasteiger partial charge in [-0.05, 0) is 38.1 Å². The van der Waals surface area contributed by atoms with Crippen LogP contribution >= 0.6 is 11.6 Å². The Bertz CT molecular complexity index is 669. The van der Waals surface area contributed by atoms with Gasteiger partial charge in [0.15, 0.2) is 12.4 Å². The fourth-order valence-electron chi connectivity index (χ4n) is 1.87. The molecule has 4 nitrogen and oxygen atoms in total. The largest absolute Gasteiger partial charge is 1.00 e. The third-order valence-electron chi connectivity index (χ3n) is 2.96. The molecule has 0 amide bonds. The first-order chi connectivity index (χ1) is 10.5. The highest BCUT2D eigenvalue weighted by atomic mass is 79.9. The molecule has 0 atom stereocenters.